The smallest absolute Gasteiger partial charge is 0.209 e. The number of hydrogen-bond acceptors (Lipinski definition) is 4. The van der Waals surface area contributed by atoms with Gasteiger partial charge in [-0.1, -0.05) is 17.7 Å². The molecule has 1 aromatic heterocycles. The van der Waals surface area contributed by atoms with Gasteiger partial charge in [-0.05, 0) is 11.6 Å². The highest BCUT2D eigenvalue weighted by molar-refractivity contribution is 6.29. The molecule has 1 aliphatic rings. The van der Waals surface area contributed by atoms with Crippen LogP contribution in [0.2, 0.25) is 5.15 Å². The van der Waals surface area contributed by atoms with E-state index in [1.54, 1.807) is 18.5 Å². The second-order valence-corrected chi connectivity index (χ2v) is 4.40. The van der Waals surface area contributed by atoms with Crippen LogP contribution in [0, 0.1) is 11.5 Å². The number of aliphatic imine (C=N–C) groups is 1. The van der Waals surface area contributed by atoms with Gasteiger partial charge >= 0.3 is 0 Å². The fraction of sp³-hybridized carbons (Fsp3) is 0.364. The molecule has 1 aromatic rings. The summed E-state index contributed by atoms with van der Waals surface area (Å²) in [6, 6.07) is 3.72. The van der Waals surface area contributed by atoms with E-state index in [-0.39, 0.29) is 5.96 Å². The first kappa shape index (κ1) is 12.6. The summed E-state index contributed by atoms with van der Waals surface area (Å²) in [5.41, 5.74) is 6.76. The predicted molar refractivity (Wildman–Crippen MR) is 68.5 cm³/mol. The second-order valence-electron chi connectivity index (χ2n) is 4.02. The Hall–Kier alpha value is -1.84. The molecule has 0 unspecified atom stereocenters. The molecule has 0 bridgehead atoms. The Morgan fingerprint density at radius 3 is 3.06 bits per heavy atom. The van der Waals surface area contributed by atoms with Crippen LogP contribution < -0.4 is 5.73 Å². The van der Waals surface area contributed by atoms with Crippen LogP contribution in [0.5, 0.6) is 0 Å². The topological polar surface area (TPSA) is 81.5 Å². The lowest BCUT2D eigenvalue weighted by Gasteiger charge is -2.18. The van der Waals surface area contributed by atoms with Crippen molar-refractivity contribution in [2.75, 3.05) is 19.8 Å². The molecule has 0 saturated carbocycles. The number of nitrogens with zero attached hydrogens (tertiary/aromatic N) is 5. The number of guanidine groups is 1. The molecule has 0 atom stereocenters. The van der Waals surface area contributed by atoms with E-state index < -0.39 is 0 Å². The largest absolute Gasteiger partial charge is 0.369 e. The molecule has 0 aromatic carbocycles. The van der Waals surface area contributed by atoms with Gasteiger partial charge in [0.15, 0.2) is 0 Å². The molecule has 94 valence electrons. The average molecular weight is 265 g/mol. The fourth-order valence-corrected chi connectivity index (χ4v) is 1.95. The Kier molecular flexibility index (Phi) is 3.97. The zero-order chi connectivity index (χ0) is 13.0. The highest BCUT2D eigenvalue weighted by Gasteiger charge is 2.21. The normalized spacial score (nSPS) is 16.9. The number of halogens is 1. The zero-order valence-corrected chi connectivity index (χ0v) is 10.5. The molecule has 7 heteroatoms. The van der Waals surface area contributed by atoms with Crippen molar-refractivity contribution >= 4 is 17.6 Å². The molecule has 2 N–H and O–H groups in total. The first-order valence-electron chi connectivity index (χ1n) is 5.49. The molecule has 1 saturated heterocycles. The van der Waals surface area contributed by atoms with Gasteiger partial charge in [-0.15, -0.1) is 4.99 Å². The van der Waals surface area contributed by atoms with Crippen LogP contribution in [0.3, 0.4) is 0 Å². The van der Waals surface area contributed by atoms with Crippen LogP contribution in [0.1, 0.15) is 5.56 Å². The number of pyridine rings is 1. The summed E-state index contributed by atoms with van der Waals surface area (Å²) < 4.78 is 0. The van der Waals surface area contributed by atoms with E-state index in [2.05, 4.69) is 14.9 Å². The number of aromatic nitrogens is 1. The van der Waals surface area contributed by atoms with Crippen LogP contribution in [0.15, 0.2) is 23.3 Å². The van der Waals surface area contributed by atoms with Gasteiger partial charge < -0.3 is 10.6 Å². The number of hydrogen-bond donors (Lipinski definition) is 1. The van der Waals surface area contributed by atoms with Gasteiger partial charge in [0.25, 0.3) is 0 Å². The van der Waals surface area contributed by atoms with Crippen molar-refractivity contribution < 1.29 is 0 Å². The standard InChI is InChI=1S/C11H13ClN6/c12-10-2-1-9(5-15-10)6-17-3-4-18(8-17)11(14)16-7-13/h1-2,5H,3-4,6,8H2,(H2,14,16). The van der Waals surface area contributed by atoms with Gasteiger partial charge in [0, 0.05) is 25.8 Å². The first-order chi connectivity index (χ1) is 8.69. The Morgan fingerprint density at radius 1 is 1.56 bits per heavy atom. The van der Waals surface area contributed by atoms with E-state index >= 15 is 0 Å². The molecule has 2 heterocycles. The second kappa shape index (κ2) is 5.67. The van der Waals surface area contributed by atoms with Gasteiger partial charge in [-0.2, -0.15) is 5.26 Å². The van der Waals surface area contributed by atoms with Crippen molar-refractivity contribution in [2.45, 2.75) is 6.54 Å². The number of nitriles is 1. The monoisotopic (exact) mass is 264 g/mol. The maximum Gasteiger partial charge on any atom is 0.209 e. The Morgan fingerprint density at radius 2 is 2.39 bits per heavy atom. The minimum absolute atomic E-state index is 0.272. The van der Waals surface area contributed by atoms with E-state index in [9.17, 15) is 0 Å². The van der Waals surface area contributed by atoms with Crippen molar-refractivity contribution in [1.29, 1.82) is 5.26 Å². The summed E-state index contributed by atoms with van der Waals surface area (Å²) in [7, 11) is 0. The van der Waals surface area contributed by atoms with E-state index in [1.807, 2.05) is 11.0 Å². The molecule has 0 aliphatic carbocycles. The molecule has 0 spiro atoms. The van der Waals surface area contributed by atoms with Crippen LogP contribution in [-0.2, 0) is 6.54 Å². The molecule has 6 nitrogen and oxygen atoms in total. The molecule has 1 aliphatic heterocycles. The highest BCUT2D eigenvalue weighted by atomic mass is 35.5. The van der Waals surface area contributed by atoms with Crippen molar-refractivity contribution in [3.05, 3.63) is 29.0 Å². The molecular weight excluding hydrogens is 252 g/mol. The predicted octanol–water partition coefficient (Wildman–Crippen LogP) is 0.606. The highest BCUT2D eigenvalue weighted by Crippen LogP contribution is 2.11. The maximum absolute atomic E-state index is 8.45. The third kappa shape index (κ3) is 3.09. The van der Waals surface area contributed by atoms with Gasteiger partial charge in [0.05, 0.1) is 6.67 Å². The van der Waals surface area contributed by atoms with E-state index in [0.29, 0.717) is 11.8 Å². The summed E-state index contributed by atoms with van der Waals surface area (Å²) in [5.74, 6) is 0.272. The van der Waals surface area contributed by atoms with Crippen molar-refractivity contribution in [3.63, 3.8) is 0 Å². The summed E-state index contributed by atoms with van der Waals surface area (Å²) >= 11 is 5.73. The van der Waals surface area contributed by atoms with Crippen molar-refractivity contribution in [2.24, 2.45) is 10.7 Å². The minimum atomic E-state index is 0.272. The Labute approximate surface area is 110 Å². The van der Waals surface area contributed by atoms with Gasteiger partial charge in [0.2, 0.25) is 12.2 Å². The summed E-state index contributed by atoms with van der Waals surface area (Å²) in [5, 5.41) is 8.94. The summed E-state index contributed by atoms with van der Waals surface area (Å²) in [6.45, 7) is 3.10. The number of nitrogens with two attached hydrogens (primary N) is 1. The van der Waals surface area contributed by atoms with Crippen molar-refractivity contribution in [1.82, 2.24) is 14.8 Å². The lowest BCUT2D eigenvalue weighted by molar-refractivity contribution is 0.292. The fourth-order valence-electron chi connectivity index (χ4n) is 1.84. The van der Waals surface area contributed by atoms with E-state index in [0.717, 1.165) is 25.2 Å². The molecular formula is C11H13ClN6. The molecule has 0 radical (unpaired) electrons. The van der Waals surface area contributed by atoms with Gasteiger partial charge in [-0.25, -0.2) is 4.98 Å². The van der Waals surface area contributed by atoms with E-state index in [1.165, 1.54) is 0 Å². The Balaban J connectivity index is 1.92. The summed E-state index contributed by atoms with van der Waals surface area (Å²) in [4.78, 5) is 11.6. The maximum atomic E-state index is 8.45. The van der Waals surface area contributed by atoms with E-state index in [4.69, 9.17) is 22.6 Å². The van der Waals surface area contributed by atoms with Gasteiger partial charge in [0.1, 0.15) is 5.15 Å². The molecule has 1 fully saturated rings. The number of rotatable bonds is 2. The average Bonchev–Trinajstić information content (AvgIpc) is 2.81. The third-order valence-corrected chi connectivity index (χ3v) is 2.96. The SMILES string of the molecule is N#CN=C(N)N1CCN(Cc2ccc(Cl)nc2)C1. The minimum Gasteiger partial charge on any atom is -0.369 e. The molecule has 0 amide bonds. The zero-order valence-electron chi connectivity index (χ0n) is 9.75. The van der Waals surface area contributed by atoms with Crippen LogP contribution in [0.4, 0.5) is 0 Å². The lowest BCUT2D eigenvalue weighted by Crippen LogP contribution is -2.36. The summed E-state index contributed by atoms with van der Waals surface area (Å²) in [6.07, 6.45) is 3.45. The van der Waals surface area contributed by atoms with Crippen LogP contribution in [-0.4, -0.2) is 40.5 Å². The van der Waals surface area contributed by atoms with Crippen LogP contribution in [0.25, 0.3) is 0 Å². The lowest BCUT2D eigenvalue weighted by atomic mass is 10.3. The van der Waals surface area contributed by atoms with Crippen LogP contribution >= 0.6 is 11.6 Å². The van der Waals surface area contributed by atoms with Crippen molar-refractivity contribution in [3.8, 4) is 6.19 Å². The molecule has 18 heavy (non-hydrogen) atoms. The third-order valence-electron chi connectivity index (χ3n) is 2.74. The quantitative estimate of drug-likeness (QED) is 0.366. The Bertz CT molecular complexity index is 477. The molecule has 2 rings (SSSR count). The first-order valence-corrected chi connectivity index (χ1v) is 5.87. The van der Waals surface area contributed by atoms with Gasteiger partial charge in [-0.3, -0.25) is 4.90 Å².